The summed E-state index contributed by atoms with van der Waals surface area (Å²) < 4.78 is 0. The van der Waals surface area contributed by atoms with Gasteiger partial charge < -0.3 is 5.11 Å². The van der Waals surface area contributed by atoms with Gasteiger partial charge in [-0.15, -0.1) is 6.58 Å². The van der Waals surface area contributed by atoms with Gasteiger partial charge in [0.05, 0.1) is 6.10 Å². The molecule has 0 radical (unpaired) electrons. The lowest BCUT2D eigenvalue weighted by Gasteiger charge is -2.18. The molecule has 3 atom stereocenters. The van der Waals surface area contributed by atoms with Crippen molar-refractivity contribution in [3.05, 3.63) is 12.7 Å². The van der Waals surface area contributed by atoms with Crippen molar-refractivity contribution >= 4 is 0 Å². The van der Waals surface area contributed by atoms with Gasteiger partial charge in [-0.25, -0.2) is 0 Å². The molecule has 0 fully saturated rings. The normalized spacial score (nSPS) is 20.4. The number of hydrogen-bond donors (Lipinski definition) is 1. The van der Waals surface area contributed by atoms with Crippen LogP contribution in [0.5, 0.6) is 0 Å². The van der Waals surface area contributed by atoms with Crippen molar-refractivity contribution in [2.75, 3.05) is 0 Å². The molecule has 0 spiro atoms. The van der Waals surface area contributed by atoms with Crippen LogP contribution in [0.25, 0.3) is 0 Å². The van der Waals surface area contributed by atoms with Gasteiger partial charge in [-0.3, -0.25) is 0 Å². The second kappa shape index (κ2) is 3.67. The Kier molecular flexibility index (Phi) is 3.55. The van der Waals surface area contributed by atoms with Gasteiger partial charge in [0.1, 0.15) is 0 Å². The number of hydrogen-bond acceptors (Lipinski definition) is 1. The second-order valence-electron chi connectivity index (χ2n) is 2.69. The summed E-state index contributed by atoms with van der Waals surface area (Å²) in [6, 6.07) is 0. The third kappa shape index (κ3) is 2.66. The Morgan fingerprint density at radius 2 is 1.78 bits per heavy atom. The molecular weight excluding hydrogens is 112 g/mol. The molecule has 0 aromatic heterocycles. The summed E-state index contributed by atoms with van der Waals surface area (Å²) >= 11 is 0. The Morgan fingerprint density at radius 3 is 1.89 bits per heavy atom. The predicted molar refractivity (Wildman–Crippen MR) is 40.2 cm³/mol. The molecule has 54 valence electrons. The van der Waals surface area contributed by atoms with E-state index in [1.165, 1.54) is 0 Å². The zero-order valence-corrected chi connectivity index (χ0v) is 6.46. The van der Waals surface area contributed by atoms with Crippen LogP contribution >= 0.6 is 0 Å². The van der Waals surface area contributed by atoms with Gasteiger partial charge in [-0.2, -0.15) is 0 Å². The first-order valence-corrected chi connectivity index (χ1v) is 3.40. The summed E-state index contributed by atoms with van der Waals surface area (Å²) in [5.74, 6) is 0.729. The lowest BCUT2D eigenvalue weighted by molar-refractivity contribution is 0.116. The van der Waals surface area contributed by atoms with Crippen molar-refractivity contribution in [3.63, 3.8) is 0 Å². The van der Waals surface area contributed by atoms with Crippen molar-refractivity contribution in [2.45, 2.75) is 26.9 Å². The Morgan fingerprint density at radius 1 is 1.33 bits per heavy atom. The van der Waals surface area contributed by atoms with Crippen LogP contribution in [0.3, 0.4) is 0 Å². The number of aliphatic hydroxyl groups is 1. The molecule has 0 rings (SSSR count). The predicted octanol–water partition coefficient (Wildman–Crippen LogP) is 1.83. The van der Waals surface area contributed by atoms with Crippen molar-refractivity contribution in [3.8, 4) is 0 Å². The minimum Gasteiger partial charge on any atom is -0.393 e. The molecule has 0 aliphatic heterocycles. The summed E-state index contributed by atoms with van der Waals surface area (Å²) in [5, 5.41) is 9.07. The molecule has 1 nitrogen and oxygen atoms in total. The molecule has 0 saturated heterocycles. The standard InChI is InChI=1S/C8H16O/c1-5-6(2)7(3)8(4)9/h5-9H,1H2,2-4H3/t6-,7-,8-/m0/s1. The number of rotatable bonds is 3. The highest BCUT2D eigenvalue weighted by atomic mass is 16.3. The molecule has 0 aliphatic rings. The quantitative estimate of drug-likeness (QED) is 0.575. The van der Waals surface area contributed by atoms with Gasteiger partial charge in [0.25, 0.3) is 0 Å². The monoisotopic (exact) mass is 128 g/mol. The topological polar surface area (TPSA) is 20.2 Å². The van der Waals surface area contributed by atoms with Gasteiger partial charge >= 0.3 is 0 Å². The van der Waals surface area contributed by atoms with Crippen molar-refractivity contribution < 1.29 is 5.11 Å². The maximum atomic E-state index is 9.07. The Balaban J connectivity index is 3.71. The fourth-order valence-corrected chi connectivity index (χ4v) is 0.654. The van der Waals surface area contributed by atoms with Gasteiger partial charge in [0.15, 0.2) is 0 Å². The van der Waals surface area contributed by atoms with E-state index in [1.54, 1.807) is 0 Å². The highest BCUT2D eigenvalue weighted by Crippen LogP contribution is 2.14. The molecule has 0 aromatic rings. The van der Waals surface area contributed by atoms with E-state index in [-0.39, 0.29) is 6.10 Å². The highest BCUT2D eigenvalue weighted by Gasteiger charge is 2.13. The average molecular weight is 128 g/mol. The van der Waals surface area contributed by atoms with Crippen molar-refractivity contribution in [1.29, 1.82) is 0 Å². The molecule has 0 aliphatic carbocycles. The van der Waals surface area contributed by atoms with E-state index in [1.807, 2.05) is 19.9 Å². The molecule has 0 saturated carbocycles. The fourth-order valence-electron chi connectivity index (χ4n) is 0.654. The largest absolute Gasteiger partial charge is 0.393 e. The van der Waals surface area contributed by atoms with Crippen LogP contribution in [0.15, 0.2) is 12.7 Å². The maximum absolute atomic E-state index is 9.07. The lowest BCUT2D eigenvalue weighted by Crippen LogP contribution is -2.18. The van der Waals surface area contributed by atoms with E-state index >= 15 is 0 Å². The number of aliphatic hydroxyl groups excluding tert-OH is 1. The molecular formula is C8H16O. The van der Waals surface area contributed by atoms with E-state index in [4.69, 9.17) is 5.11 Å². The van der Waals surface area contributed by atoms with Gasteiger partial charge in [0.2, 0.25) is 0 Å². The highest BCUT2D eigenvalue weighted by molar-refractivity contribution is 4.81. The summed E-state index contributed by atoms with van der Waals surface area (Å²) in [4.78, 5) is 0. The molecule has 0 bridgehead atoms. The molecule has 9 heavy (non-hydrogen) atoms. The Hall–Kier alpha value is -0.300. The van der Waals surface area contributed by atoms with Crippen molar-refractivity contribution in [1.82, 2.24) is 0 Å². The maximum Gasteiger partial charge on any atom is 0.0543 e. The summed E-state index contributed by atoms with van der Waals surface area (Å²) in [7, 11) is 0. The van der Waals surface area contributed by atoms with Crippen LogP contribution in [-0.2, 0) is 0 Å². The first-order valence-electron chi connectivity index (χ1n) is 3.40. The van der Waals surface area contributed by atoms with Crippen LogP contribution in [0.4, 0.5) is 0 Å². The van der Waals surface area contributed by atoms with Crippen LogP contribution < -0.4 is 0 Å². The molecule has 0 amide bonds. The summed E-state index contributed by atoms with van der Waals surface area (Å²) in [6.07, 6.45) is 1.65. The Bertz CT molecular complexity index is 86.6. The van der Waals surface area contributed by atoms with E-state index in [9.17, 15) is 0 Å². The van der Waals surface area contributed by atoms with Crippen molar-refractivity contribution in [2.24, 2.45) is 11.8 Å². The Labute approximate surface area is 57.4 Å². The van der Waals surface area contributed by atoms with Crippen LogP contribution in [0, 0.1) is 11.8 Å². The first kappa shape index (κ1) is 8.70. The second-order valence-corrected chi connectivity index (χ2v) is 2.69. The van der Waals surface area contributed by atoms with E-state index in [0.717, 1.165) is 0 Å². The third-order valence-corrected chi connectivity index (χ3v) is 1.96. The average Bonchev–Trinajstić information content (AvgIpc) is 1.84. The van der Waals surface area contributed by atoms with Crippen LogP contribution in [-0.4, -0.2) is 11.2 Å². The van der Waals surface area contributed by atoms with E-state index in [2.05, 4.69) is 13.5 Å². The molecule has 1 heteroatoms. The minimum atomic E-state index is -0.224. The van der Waals surface area contributed by atoms with E-state index in [0.29, 0.717) is 11.8 Å². The molecule has 1 N–H and O–H groups in total. The van der Waals surface area contributed by atoms with Gasteiger partial charge in [-0.05, 0) is 18.8 Å². The smallest absolute Gasteiger partial charge is 0.0543 e. The zero-order valence-electron chi connectivity index (χ0n) is 6.46. The first-order chi connectivity index (χ1) is 4.09. The molecule has 0 unspecified atom stereocenters. The molecule has 0 heterocycles. The minimum absolute atomic E-state index is 0.224. The van der Waals surface area contributed by atoms with E-state index < -0.39 is 0 Å². The summed E-state index contributed by atoms with van der Waals surface area (Å²) in [5.41, 5.74) is 0. The lowest BCUT2D eigenvalue weighted by atomic mass is 9.92. The summed E-state index contributed by atoms with van der Waals surface area (Å²) in [6.45, 7) is 9.55. The van der Waals surface area contributed by atoms with Crippen LogP contribution in [0.2, 0.25) is 0 Å². The third-order valence-electron chi connectivity index (χ3n) is 1.96. The van der Waals surface area contributed by atoms with Gasteiger partial charge in [0, 0.05) is 0 Å². The fraction of sp³-hybridized carbons (Fsp3) is 0.750. The number of allylic oxidation sites excluding steroid dienone is 1. The van der Waals surface area contributed by atoms with Crippen LogP contribution in [0.1, 0.15) is 20.8 Å². The SMILES string of the molecule is C=C[C@H](C)[C@H](C)[C@H](C)O. The molecule has 0 aromatic carbocycles. The van der Waals surface area contributed by atoms with Gasteiger partial charge in [-0.1, -0.05) is 19.9 Å². The zero-order chi connectivity index (χ0) is 7.44.